The standard InChI is InChI=1S/C17H23N3O2/c1-22-10-9-20-7-5-14(6-8-20)13-19-17(21)16-4-2-3-15(11-16)12-18/h2-4,11,14H,5-10,13H2,1H3,(H,19,21). The van der Waals surface area contributed by atoms with Crippen LogP contribution in [0.4, 0.5) is 0 Å². The quantitative estimate of drug-likeness (QED) is 0.867. The molecule has 22 heavy (non-hydrogen) atoms. The Morgan fingerprint density at radius 2 is 2.23 bits per heavy atom. The molecule has 1 aromatic rings. The summed E-state index contributed by atoms with van der Waals surface area (Å²) in [5, 5.41) is 11.9. The first-order valence-corrected chi connectivity index (χ1v) is 7.72. The van der Waals surface area contributed by atoms with Crippen molar-refractivity contribution in [1.29, 1.82) is 5.26 Å². The Bertz CT molecular complexity index is 531. The van der Waals surface area contributed by atoms with Gasteiger partial charge in [-0.3, -0.25) is 4.79 Å². The maximum absolute atomic E-state index is 12.1. The van der Waals surface area contributed by atoms with Crippen LogP contribution in [-0.2, 0) is 4.74 Å². The van der Waals surface area contributed by atoms with Crippen LogP contribution in [0.3, 0.4) is 0 Å². The van der Waals surface area contributed by atoms with E-state index in [-0.39, 0.29) is 5.91 Å². The van der Waals surface area contributed by atoms with E-state index in [1.54, 1.807) is 31.4 Å². The van der Waals surface area contributed by atoms with E-state index in [9.17, 15) is 4.79 Å². The maximum atomic E-state index is 12.1. The molecule has 1 aliphatic rings. The summed E-state index contributed by atoms with van der Waals surface area (Å²) in [4.78, 5) is 14.5. The first-order valence-electron chi connectivity index (χ1n) is 7.72. The number of hydrogen-bond donors (Lipinski definition) is 1. The van der Waals surface area contributed by atoms with Crippen LogP contribution < -0.4 is 5.32 Å². The molecule has 5 nitrogen and oxygen atoms in total. The highest BCUT2D eigenvalue weighted by Gasteiger charge is 2.19. The summed E-state index contributed by atoms with van der Waals surface area (Å²) in [6.45, 7) is 4.59. The van der Waals surface area contributed by atoms with Crippen molar-refractivity contribution in [2.75, 3.05) is 39.9 Å². The monoisotopic (exact) mass is 301 g/mol. The van der Waals surface area contributed by atoms with Crippen molar-refractivity contribution in [2.45, 2.75) is 12.8 Å². The highest BCUT2D eigenvalue weighted by Crippen LogP contribution is 2.16. The van der Waals surface area contributed by atoms with Gasteiger partial charge >= 0.3 is 0 Å². The van der Waals surface area contributed by atoms with Crippen LogP contribution in [-0.4, -0.2) is 50.7 Å². The number of nitrogens with zero attached hydrogens (tertiary/aromatic N) is 2. The highest BCUT2D eigenvalue weighted by molar-refractivity contribution is 5.94. The highest BCUT2D eigenvalue weighted by atomic mass is 16.5. The number of hydrogen-bond acceptors (Lipinski definition) is 4. The van der Waals surface area contributed by atoms with Crippen LogP contribution in [0.15, 0.2) is 24.3 Å². The lowest BCUT2D eigenvalue weighted by Crippen LogP contribution is -2.39. The van der Waals surface area contributed by atoms with E-state index in [0.29, 0.717) is 23.6 Å². The molecule has 1 aliphatic heterocycles. The molecule has 1 saturated heterocycles. The van der Waals surface area contributed by atoms with Crippen molar-refractivity contribution in [3.8, 4) is 6.07 Å². The fourth-order valence-corrected chi connectivity index (χ4v) is 2.70. The molecule has 0 radical (unpaired) electrons. The molecular weight excluding hydrogens is 278 g/mol. The predicted molar refractivity (Wildman–Crippen MR) is 84.5 cm³/mol. The zero-order valence-electron chi connectivity index (χ0n) is 13.0. The number of carbonyl (C=O) groups excluding carboxylic acids is 1. The van der Waals surface area contributed by atoms with Gasteiger partial charge in [0.1, 0.15) is 0 Å². The van der Waals surface area contributed by atoms with Gasteiger partial charge in [0.05, 0.1) is 18.2 Å². The number of nitriles is 1. The summed E-state index contributed by atoms with van der Waals surface area (Å²) in [6.07, 6.45) is 2.20. The molecule has 0 unspecified atom stereocenters. The van der Waals surface area contributed by atoms with Crippen molar-refractivity contribution in [1.82, 2.24) is 10.2 Å². The Balaban J connectivity index is 1.74. The van der Waals surface area contributed by atoms with Crippen molar-refractivity contribution >= 4 is 5.91 Å². The summed E-state index contributed by atoms with van der Waals surface area (Å²) >= 11 is 0. The normalized spacial score (nSPS) is 16.2. The maximum Gasteiger partial charge on any atom is 0.251 e. The smallest absolute Gasteiger partial charge is 0.251 e. The number of methoxy groups -OCH3 is 1. The number of amides is 1. The zero-order valence-corrected chi connectivity index (χ0v) is 13.0. The molecule has 0 aliphatic carbocycles. The largest absolute Gasteiger partial charge is 0.383 e. The number of ether oxygens (including phenoxy) is 1. The number of rotatable bonds is 6. The Hall–Kier alpha value is -1.90. The van der Waals surface area contributed by atoms with E-state index < -0.39 is 0 Å². The van der Waals surface area contributed by atoms with Crippen LogP contribution in [0.25, 0.3) is 0 Å². The van der Waals surface area contributed by atoms with Crippen molar-refractivity contribution in [3.05, 3.63) is 35.4 Å². The molecule has 0 atom stereocenters. The molecule has 1 aromatic carbocycles. The molecule has 1 amide bonds. The average Bonchev–Trinajstić information content (AvgIpc) is 2.58. The molecule has 0 spiro atoms. The van der Waals surface area contributed by atoms with E-state index in [1.807, 2.05) is 0 Å². The Morgan fingerprint density at radius 1 is 1.45 bits per heavy atom. The molecule has 1 heterocycles. The zero-order chi connectivity index (χ0) is 15.8. The van der Waals surface area contributed by atoms with Gasteiger partial charge in [-0.15, -0.1) is 0 Å². The minimum Gasteiger partial charge on any atom is -0.383 e. The number of benzene rings is 1. The van der Waals surface area contributed by atoms with E-state index in [1.165, 1.54) is 0 Å². The Labute approximate surface area is 131 Å². The second-order valence-corrected chi connectivity index (χ2v) is 5.68. The van der Waals surface area contributed by atoms with E-state index in [4.69, 9.17) is 10.00 Å². The van der Waals surface area contributed by atoms with Crippen LogP contribution in [0.1, 0.15) is 28.8 Å². The van der Waals surface area contributed by atoms with Gasteiger partial charge in [-0.25, -0.2) is 0 Å². The number of piperidine rings is 1. The van der Waals surface area contributed by atoms with Crippen LogP contribution >= 0.6 is 0 Å². The number of nitrogens with one attached hydrogen (secondary N) is 1. The topological polar surface area (TPSA) is 65.4 Å². The van der Waals surface area contributed by atoms with Gasteiger partial charge in [0, 0.05) is 25.8 Å². The van der Waals surface area contributed by atoms with Gasteiger partial charge in [-0.1, -0.05) is 6.07 Å². The molecule has 0 aromatic heterocycles. The third-order valence-corrected chi connectivity index (χ3v) is 4.12. The van der Waals surface area contributed by atoms with Crippen LogP contribution in [0.5, 0.6) is 0 Å². The number of carbonyl (C=O) groups is 1. The van der Waals surface area contributed by atoms with Gasteiger partial charge in [-0.2, -0.15) is 5.26 Å². The molecule has 0 saturated carbocycles. The summed E-state index contributed by atoms with van der Waals surface area (Å²) < 4.78 is 5.10. The average molecular weight is 301 g/mol. The summed E-state index contributed by atoms with van der Waals surface area (Å²) in [6, 6.07) is 8.86. The summed E-state index contributed by atoms with van der Waals surface area (Å²) in [5.74, 6) is 0.431. The van der Waals surface area contributed by atoms with Crippen LogP contribution in [0, 0.1) is 17.2 Å². The van der Waals surface area contributed by atoms with E-state index in [0.717, 1.165) is 39.1 Å². The van der Waals surface area contributed by atoms with Gasteiger partial charge in [0.25, 0.3) is 5.91 Å². The first kappa shape index (κ1) is 16.5. The second-order valence-electron chi connectivity index (χ2n) is 5.68. The molecule has 1 fully saturated rings. The van der Waals surface area contributed by atoms with Gasteiger partial charge < -0.3 is 15.0 Å². The molecule has 5 heteroatoms. The third kappa shape index (κ3) is 4.83. The van der Waals surface area contributed by atoms with Gasteiger partial charge in [-0.05, 0) is 50.0 Å². The minimum atomic E-state index is -0.0982. The van der Waals surface area contributed by atoms with Crippen molar-refractivity contribution in [3.63, 3.8) is 0 Å². The molecule has 118 valence electrons. The lowest BCUT2D eigenvalue weighted by molar-refractivity contribution is 0.0926. The van der Waals surface area contributed by atoms with E-state index in [2.05, 4.69) is 16.3 Å². The third-order valence-electron chi connectivity index (χ3n) is 4.12. The molecule has 2 rings (SSSR count). The Kier molecular flexibility index (Phi) is 6.38. The molecule has 1 N–H and O–H groups in total. The van der Waals surface area contributed by atoms with E-state index >= 15 is 0 Å². The van der Waals surface area contributed by atoms with Crippen molar-refractivity contribution < 1.29 is 9.53 Å². The minimum absolute atomic E-state index is 0.0982. The second kappa shape index (κ2) is 8.52. The number of likely N-dealkylation sites (tertiary alicyclic amines) is 1. The Morgan fingerprint density at radius 3 is 2.91 bits per heavy atom. The fraction of sp³-hybridized carbons (Fsp3) is 0.529. The van der Waals surface area contributed by atoms with Crippen molar-refractivity contribution in [2.24, 2.45) is 5.92 Å². The lowest BCUT2D eigenvalue weighted by Gasteiger charge is -2.31. The molecular formula is C17H23N3O2. The SMILES string of the molecule is COCCN1CCC(CNC(=O)c2cccc(C#N)c2)CC1. The van der Waals surface area contributed by atoms with Gasteiger partial charge in [0.15, 0.2) is 0 Å². The fourth-order valence-electron chi connectivity index (χ4n) is 2.70. The van der Waals surface area contributed by atoms with Gasteiger partial charge in [0.2, 0.25) is 0 Å². The first-order chi connectivity index (χ1) is 10.7. The van der Waals surface area contributed by atoms with Crippen LogP contribution in [0.2, 0.25) is 0 Å². The lowest BCUT2D eigenvalue weighted by atomic mass is 9.96. The predicted octanol–water partition coefficient (Wildman–Crippen LogP) is 1.65. The summed E-state index contributed by atoms with van der Waals surface area (Å²) in [5.41, 5.74) is 1.07. The molecule has 0 bridgehead atoms. The summed E-state index contributed by atoms with van der Waals surface area (Å²) in [7, 11) is 1.73.